The van der Waals surface area contributed by atoms with Gasteiger partial charge in [-0.1, -0.05) is 0 Å². The van der Waals surface area contributed by atoms with Crippen LogP contribution in [0.5, 0.6) is 5.75 Å². The Morgan fingerprint density at radius 2 is 1.25 bits per heavy atom. The minimum absolute atomic E-state index is 0.0335. The molecular weight excluding hydrogens is 791 g/mol. The number of anilines is 1. The highest BCUT2D eigenvalue weighted by molar-refractivity contribution is 5.73. The van der Waals surface area contributed by atoms with E-state index in [2.05, 4.69) is 24.1 Å². The van der Waals surface area contributed by atoms with E-state index in [1.165, 1.54) is 12.3 Å². The maximum absolute atomic E-state index is 12.8. The lowest BCUT2D eigenvalue weighted by atomic mass is 9.43. The van der Waals surface area contributed by atoms with Gasteiger partial charge < -0.3 is 30.4 Å². The van der Waals surface area contributed by atoms with Gasteiger partial charge in [-0.05, 0) is 38.2 Å². The van der Waals surface area contributed by atoms with Crippen LogP contribution >= 0.6 is 0 Å². The fourth-order valence-electron chi connectivity index (χ4n) is 6.18. The van der Waals surface area contributed by atoms with Crippen molar-refractivity contribution in [3.63, 3.8) is 0 Å². The molecule has 1 saturated heterocycles. The molecule has 0 amide bonds. The summed E-state index contributed by atoms with van der Waals surface area (Å²) in [6.45, 7) is 3.98. The third kappa shape index (κ3) is 11.7. The van der Waals surface area contributed by atoms with Crippen molar-refractivity contribution in [2.45, 2.75) is 74.0 Å². The van der Waals surface area contributed by atoms with Crippen LogP contribution in [-0.4, -0.2) is 127 Å². The molecule has 4 saturated carbocycles. The zero-order valence-electron chi connectivity index (χ0n) is 27.8. The van der Waals surface area contributed by atoms with Crippen LogP contribution in [0.4, 0.5) is 62.9 Å². The maximum Gasteiger partial charge on any atom is 0.573 e. The molecule has 3 heterocycles. The quantitative estimate of drug-likeness (QED) is 0.261. The molecule has 5 fully saturated rings. The van der Waals surface area contributed by atoms with Crippen LogP contribution in [0.25, 0.3) is 11.3 Å². The van der Waals surface area contributed by atoms with Gasteiger partial charge in [-0.25, -0.2) is 28.7 Å². The second-order valence-corrected chi connectivity index (χ2v) is 12.7. The third-order valence-corrected chi connectivity index (χ3v) is 8.74. The largest absolute Gasteiger partial charge is 0.573 e. The van der Waals surface area contributed by atoms with E-state index in [0.717, 1.165) is 64.1 Å². The minimum Gasteiger partial charge on any atom is -0.475 e. The molecule has 0 aromatic carbocycles. The van der Waals surface area contributed by atoms with E-state index in [1.54, 1.807) is 0 Å². The molecule has 310 valence electrons. The number of nitrogens with two attached hydrogens (primary N) is 1. The van der Waals surface area contributed by atoms with E-state index >= 15 is 0 Å². The highest BCUT2D eigenvalue weighted by atomic mass is 19.4. The lowest BCUT2D eigenvalue weighted by molar-refractivity contribution is -0.274. The smallest absolute Gasteiger partial charge is 0.475 e. The first-order valence-corrected chi connectivity index (χ1v) is 15.6. The number of nitrogens with zero attached hydrogens (tertiary/aromatic N) is 5. The normalized spacial score (nSPS) is 22.6. The van der Waals surface area contributed by atoms with Crippen molar-refractivity contribution in [3.05, 3.63) is 24.3 Å². The van der Waals surface area contributed by atoms with Gasteiger partial charge in [-0.3, -0.25) is 9.80 Å². The van der Waals surface area contributed by atoms with Gasteiger partial charge >= 0.3 is 42.8 Å². The van der Waals surface area contributed by atoms with Crippen LogP contribution in [0, 0.1) is 0 Å². The number of alkyl halides is 13. The van der Waals surface area contributed by atoms with Crippen molar-refractivity contribution in [3.8, 4) is 17.0 Å². The summed E-state index contributed by atoms with van der Waals surface area (Å²) in [6.07, 6.45) is -11.3. The molecule has 5 N–H and O–H groups in total. The number of carbonyl (C=O) groups is 3. The van der Waals surface area contributed by atoms with Crippen molar-refractivity contribution in [1.82, 2.24) is 24.3 Å². The average Bonchev–Trinajstić information content (AvgIpc) is 3.75. The number of imidazole rings is 1. The zero-order chi connectivity index (χ0) is 41.9. The number of nitrogen functional groups attached to an aromatic ring is 1. The SMILES string of the molecule is Nc1ncc(-c2cn(C34CC(N5CCN(CCF)CC5)(C3)C4)c(C3CC3)n2)cc1OC(F)(F)F.O=C(O)C(F)(F)F.O=C(O)C(F)(F)F.O=C(O)C(F)(F)F. The molecule has 2 aromatic rings. The lowest BCUT2D eigenvalue weighted by Crippen LogP contribution is -2.80. The number of ether oxygens (including phenoxy) is 1. The number of hydrogen-bond donors (Lipinski definition) is 4. The third-order valence-electron chi connectivity index (χ3n) is 8.74. The first-order chi connectivity index (χ1) is 25.0. The molecule has 4 aliphatic carbocycles. The number of hydrogen-bond acceptors (Lipinski definition) is 9. The molecule has 2 bridgehead atoms. The van der Waals surface area contributed by atoms with Gasteiger partial charge in [-0.2, -0.15) is 39.5 Å². The molecule has 2 aromatic heterocycles. The Balaban J connectivity index is 0.000000318. The van der Waals surface area contributed by atoms with Crippen LogP contribution < -0.4 is 10.5 Å². The maximum atomic E-state index is 12.8. The molecular formula is C29H31F13N6O7. The highest BCUT2D eigenvalue weighted by Crippen LogP contribution is 2.69. The van der Waals surface area contributed by atoms with Gasteiger partial charge in [-0.15, -0.1) is 13.2 Å². The monoisotopic (exact) mass is 822 g/mol. The summed E-state index contributed by atoms with van der Waals surface area (Å²) in [6, 6.07) is 1.26. The molecule has 55 heavy (non-hydrogen) atoms. The molecule has 26 heteroatoms. The summed E-state index contributed by atoms with van der Waals surface area (Å²) in [7, 11) is 0. The highest BCUT2D eigenvalue weighted by Gasteiger charge is 2.71. The predicted molar refractivity (Wildman–Crippen MR) is 158 cm³/mol. The molecule has 0 atom stereocenters. The van der Waals surface area contributed by atoms with Crippen molar-refractivity contribution in [1.29, 1.82) is 0 Å². The minimum atomic E-state index is -5.08. The summed E-state index contributed by atoms with van der Waals surface area (Å²) in [5.41, 5.74) is 6.91. The summed E-state index contributed by atoms with van der Waals surface area (Å²) in [5, 5.41) is 21.4. The molecule has 5 aliphatic rings. The number of rotatable bonds is 7. The van der Waals surface area contributed by atoms with Crippen molar-refractivity contribution < 1.29 is 91.5 Å². The van der Waals surface area contributed by atoms with Crippen molar-refractivity contribution >= 4 is 23.7 Å². The Bertz CT molecular complexity index is 1610. The fourth-order valence-corrected chi connectivity index (χ4v) is 6.18. The van der Waals surface area contributed by atoms with E-state index in [9.17, 15) is 57.1 Å². The number of aromatic nitrogens is 3. The number of carboxylic acids is 3. The van der Waals surface area contributed by atoms with E-state index < -0.39 is 48.5 Å². The molecule has 0 radical (unpaired) electrons. The Morgan fingerprint density at radius 1 is 0.800 bits per heavy atom. The van der Waals surface area contributed by atoms with Gasteiger partial charge in [0, 0.05) is 62.1 Å². The topological polar surface area (TPSA) is 184 Å². The van der Waals surface area contributed by atoms with Gasteiger partial charge in [0.1, 0.15) is 12.5 Å². The molecule has 0 spiro atoms. The van der Waals surface area contributed by atoms with Crippen LogP contribution in [0.15, 0.2) is 18.5 Å². The van der Waals surface area contributed by atoms with Gasteiger partial charge in [0.25, 0.3) is 0 Å². The van der Waals surface area contributed by atoms with Gasteiger partial charge in [0.15, 0.2) is 11.6 Å². The van der Waals surface area contributed by atoms with Gasteiger partial charge in [0.05, 0.1) is 11.2 Å². The second-order valence-electron chi connectivity index (χ2n) is 12.7. The van der Waals surface area contributed by atoms with Crippen molar-refractivity contribution in [2.75, 3.05) is 45.1 Å². The van der Waals surface area contributed by atoms with E-state index in [4.69, 9.17) is 40.4 Å². The Labute approximate surface area is 300 Å². The number of aliphatic carboxylic acids is 3. The first-order valence-electron chi connectivity index (χ1n) is 15.6. The lowest BCUT2D eigenvalue weighted by Gasteiger charge is -2.75. The fraction of sp³-hybridized carbons (Fsp3) is 0.621. The number of halogens is 13. The molecule has 0 unspecified atom stereocenters. The van der Waals surface area contributed by atoms with Crippen molar-refractivity contribution in [2.24, 2.45) is 0 Å². The van der Waals surface area contributed by atoms with Crippen LogP contribution in [-0.2, 0) is 19.9 Å². The van der Waals surface area contributed by atoms with E-state index in [-0.39, 0.29) is 23.6 Å². The average molecular weight is 823 g/mol. The summed E-state index contributed by atoms with van der Waals surface area (Å²) >= 11 is 0. The summed E-state index contributed by atoms with van der Waals surface area (Å²) < 4.78 is 152. The molecule has 1 aliphatic heterocycles. The Hall–Kier alpha value is -4.62. The molecule has 13 nitrogen and oxygen atoms in total. The summed E-state index contributed by atoms with van der Waals surface area (Å²) in [5.74, 6) is -7.67. The predicted octanol–water partition coefficient (Wildman–Crippen LogP) is 5.42. The van der Waals surface area contributed by atoms with Gasteiger partial charge in [0.2, 0.25) is 0 Å². The van der Waals surface area contributed by atoms with E-state index in [0.29, 0.717) is 23.7 Å². The zero-order valence-corrected chi connectivity index (χ0v) is 27.8. The van der Waals surface area contributed by atoms with Crippen LogP contribution in [0.2, 0.25) is 0 Å². The number of pyridine rings is 1. The second kappa shape index (κ2) is 16.2. The standard InChI is InChI=1S/C23H28F4N6O.3C2HF3O2/c24-3-4-31-5-7-32(8-6-31)21-12-22(13-21,14-21)33-11-17(30-20(33)15-1-2-15)16-9-18(19(28)29-10-16)34-23(25,26)27;3*3-2(4,5)1(6)7/h9-11,15H,1-8,12-14H2,(H2,28,29);3*(H,6,7). The first kappa shape index (κ1) is 44.8. The molecule has 7 rings (SSSR count). The van der Waals surface area contributed by atoms with Crippen LogP contribution in [0.1, 0.15) is 43.8 Å². The number of piperazine rings is 1. The summed E-state index contributed by atoms with van der Waals surface area (Å²) in [4.78, 5) is 40.2. The van der Waals surface area contributed by atoms with Crippen LogP contribution in [0.3, 0.4) is 0 Å². The number of carboxylic acid groups (broad SMARTS) is 3. The Kier molecular flexibility index (Phi) is 13.2. The Morgan fingerprint density at radius 3 is 1.64 bits per heavy atom. The van der Waals surface area contributed by atoms with E-state index in [1.807, 2.05) is 6.20 Å².